The first-order valence-electron chi connectivity index (χ1n) is 22.0. The number of carboxylic acid groups (broad SMARTS) is 1. The van der Waals surface area contributed by atoms with Crippen LogP contribution in [0.25, 0.3) is 0 Å². The Morgan fingerprint density at radius 3 is 1.48 bits per heavy atom. The number of carbonyl (C=O) groups is 3. The number of carbonyl (C=O) groups excluding carboxylic acids is 2. The molecule has 0 bridgehead atoms. The van der Waals surface area contributed by atoms with E-state index in [4.69, 9.17) is 24.8 Å². The molecule has 0 aromatic heterocycles. The van der Waals surface area contributed by atoms with Crippen molar-refractivity contribution >= 4 is 25.7 Å². The molecule has 12 heteroatoms. The molecule has 0 aliphatic rings. The molecule has 0 amide bonds. The Morgan fingerprint density at radius 1 is 0.552 bits per heavy atom. The summed E-state index contributed by atoms with van der Waals surface area (Å²) in [6.45, 7) is 2.61. The second-order valence-electron chi connectivity index (χ2n) is 14.4. The standard InChI is InChI=1S/C46H78NO10P/c1-3-5-7-9-11-13-15-17-19-20-21-22-24-25-27-29-31-33-35-37-44(48)54-39-42(40-55-58(52,53)56-41-43(47)46(50)51)57-45(49)38-36-34-32-30-28-26-23-18-16-14-12-10-8-6-4-2/h6,8,11-14,17-19,23,28,30,42-43H,3-5,7,9-10,15-16,20-22,24-27,29,31-41,47H2,1-2H3,(H,50,51)(H,52,53)/b8-6+,13-11+,14-12+,19-17+,23-18+,30-28+/t42-,43+/m1/s1. The number of allylic oxidation sites excluding steroid dienone is 12. The minimum atomic E-state index is -4.73. The van der Waals surface area contributed by atoms with Crippen LogP contribution in [0.4, 0.5) is 0 Å². The largest absolute Gasteiger partial charge is 0.480 e. The van der Waals surface area contributed by atoms with Gasteiger partial charge in [0.05, 0.1) is 13.2 Å². The van der Waals surface area contributed by atoms with Crippen molar-refractivity contribution in [2.45, 2.75) is 180 Å². The number of aliphatic carboxylic acids is 1. The van der Waals surface area contributed by atoms with Gasteiger partial charge in [0.15, 0.2) is 6.10 Å². The van der Waals surface area contributed by atoms with Gasteiger partial charge in [-0.1, -0.05) is 145 Å². The molecule has 0 fully saturated rings. The molecule has 0 aromatic rings. The van der Waals surface area contributed by atoms with Crippen LogP contribution in [0.3, 0.4) is 0 Å². The van der Waals surface area contributed by atoms with Gasteiger partial charge in [0.2, 0.25) is 0 Å². The summed E-state index contributed by atoms with van der Waals surface area (Å²) in [5.41, 5.74) is 5.33. The maximum atomic E-state index is 12.6. The summed E-state index contributed by atoms with van der Waals surface area (Å²) in [6, 6.07) is -1.53. The van der Waals surface area contributed by atoms with Crippen LogP contribution in [0.15, 0.2) is 72.9 Å². The average Bonchev–Trinajstić information content (AvgIpc) is 3.20. The highest BCUT2D eigenvalue weighted by Crippen LogP contribution is 2.43. The number of rotatable bonds is 40. The van der Waals surface area contributed by atoms with E-state index in [1.165, 1.54) is 57.8 Å². The molecule has 332 valence electrons. The van der Waals surface area contributed by atoms with Crippen molar-refractivity contribution in [3.05, 3.63) is 72.9 Å². The van der Waals surface area contributed by atoms with Crippen LogP contribution in [0.5, 0.6) is 0 Å². The zero-order valence-corrected chi connectivity index (χ0v) is 36.8. The maximum Gasteiger partial charge on any atom is 0.472 e. The van der Waals surface area contributed by atoms with E-state index in [-0.39, 0.29) is 19.4 Å². The number of hydrogen-bond donors (Lipinski definition) is 3. The number of nitrogens with two attached hydrogens (primary N) is 1. The van der Waals surface area contributed by atoms with Crippen molar-refractivity contribution < 1.29 is 47.5 Å². The summed E-state index contributed by atoms with van der Waals surface area (Å²) in [5, 5.41) is 8.89. The van der Waals surface area contributed by atoms with E-state index in [1.807, 2.05) is 0 Å². The Morgan fingerprint density at radius 2 is 0.966 bits per heavy atom. The van der Waals surface area contributed by atoms with Gasteiger partial charge >= 0.3 is 25.7 Å². The van der Waals surface area contributed by atoms with Crippen molar-refractivity contribution in [3.63, 3.8) is 0 Å². The van der Waals surface area contributed by atoms with Crippen LogP contribution in [0.2, 0.25) is 0 Å². The molecule has 0 aliphatic carbocycles. The van der Waals surface area contributed by atoms with E-state index in [2.05, 4.69) is 91.3 Å². The van der Waals surface area contributed by atoms with E-state index in [9.17, 15) is 23.8 Å². The lowest BCUT2D eigenvalue weighted by molar-refractivity contribution is -0.161. The highest BCUT2D eigenvalue weighted by atomic mass is 31.2. The number of carboxylic acids is 1. The fourth-order valence-corrected chi connectivity index (χ4v) is 6.27. The van der Waals surface area contributed by atoms with Crippen molar-refractivity contribution in [1.82, 2.24) is 0 Å². The monoisotopic (exact) mass is 836 g/mol. The van der Waals surface area contributed by atoms with Crippen molar-refractivity contribution in [2.75, 3.05) is 19.8 Å². The smallest absolute Gasteiger partial charge is 0.472 e. The van der Waals surface area contributed by atoms with Crippen LogP contribution in [-0.2, 0) is 37.5 Å². The van der Waals surface area contributed by atoms with E-state index in [1.54, 1.807) is 0 Å². The molecular formula is C46H78NO10P. The number of esters is 2. The molecular weight excluding hydrogens is 757 g/mol. The minimum absolute atomic E-state index is 0.105. The van der Waals surface area contributed by atoms with Crippen LogP contribution < -0.4 is 5.73 Å². The fraction of sp³-hybridized carbons (Fsp3) is 0.674. The molecule has 0 heterocycles. The number of phosphoric acid groups is 1. The first-order valence-corrected chi connectivity index (χ1v) is 23.5. The van der Waals surface area contributed by atoms with Gasteiger partial charge in [-0.15, -0.1) is 0 Å². The Bertz CT molecular complexity index is 1260. The molecule has 1 unspecified atom stereocenters. The molecule has 4 N–H and O–H groups in total. The van der Waals surface area contributed by atoms with Gasteiger partial charge < -0.3 is 25.2 Å². The van der Waals surface area contributed by atoms with Crippen molar-refractivity contribution in [3.8, 4) is 0 Å². The van der Waals surface area contributed by atoms with Gasteiger partial charge in [-0.2, -0.15) is 0 Å². The third kappa shape index (κ3) is 39.7. The Hall–Kier alpha value is -3.08. The molecule has 0 rings (SSSR count). The van der Waals surface area contributed by atoms with Gasteiger partial charge in [0, 0.05) is 12.8 Å². The Labute approximate surface area is 350 Å². The molecule has 0 radical (unpaired) electrons. The predicted octanol–water partition coefficient (Wildman–Crippen LogP) is 11.7. The zero-order chi connectivity index (χ0) is 42.8. The number of ether oxygens (including phenoxy) is 2. The molecule has 3 atom stereocenters. The topological polar surface area (TPSA) is 172 Å². The van der Waals surface area contributed by atoms with Crippen molar-refractivity contribution in [2.24, 2.45) is 5.73 Å². The van der Waals surface area contributed by atoms with E-state index < -0.39 is 51.1 Å². The normalized spacial score (nSPS) is 14.4. The van der Waals surface area contributed by atoms with Crippen LogP contribution in [0.1, 0.15) is 168 Å². The molecule has 0 saturated carbocycles. The van der Waals surface area contributed by atoms with Gasteiger partial charge in [0.25, 0.3) is 0 Å². The summed E-state index contributed by atoms with van der Waals surface area (Å²) in [5.74, 6) is -2.45. The SMILES string of the molecule is CC/C=C/C/C=C/C/C=C/C/C=C/CCCCC(=O)O[C@H](COC(=O)CCCCCCCCCCC/C=C/C/C=C/CCCCC)COP(=O)(O)OC[C@H](N)C(=O)O. The fourth-order valence-electron chi connectivity index (χ4n) is 5.50. The lowest BCUT2D eigenvalue weighted by atomic mass is 10.1. The lowest BCUT2D eigenvalue weighted by Gasteiger charge is -2.20. The van der Waals surface area contributed by atoms with Gasteiger partial charge in [0.1, 0.15) is 12.6 Å². The molecule has 11 nitrogen and oxygen atoms in total. The molecule has 0 saturated heterocycles. The van der Waals surface area contributed by atoms with Gasteiger partial charge in [-0.05, 0) is 83.5 Å². The van der Waals surface area contributed by atoms with Gasteiger partial charge in [-0.25, -0.2) is 4.57 Å². The zero-order valence-electron chi connectivity index (χ0n) is 35.9. The number of hydrogen-bond acceptors (Lipinski definition) is 9. The quantitative estimate of drug-likeness (QED) is 0.0232. The first-order chi connectivity index (χ1) is 28.1. The average molecular weight is 836 g/mol. The van der Waals surface area contributed by atoms with Crippen LogP contribution in [0, 0.1) is 0 Å². The minimum Gasteiger partial charge on any atom is -0.480 e. The highest BCUT2D eigenvalue weighted by molar-refractivity contribution is 7.47. The summed E-state index contributed by atoms with van der Waals surface area (Å²) < 4.78 is 32.6. The summed E-state index contributed by atoms with van der Waals surface area (Å²) in [4.78, 5) is 46.0. The van der Waals surface area contributed by atoms with Gasteiger partial charge in [-0.3, -0.25) is 23.4 Å². The molecule has 0 aromatic carbocycles. The van der Waals surface area contributed by atoms with E-state index in [0.717, 1.165) is 70.6 Å². The summed E-state index contributed by atoms with van der Waals surface area (Å²) >= 11 is 0. The highest BCUT2D eigenvalue weighted by Gasteiger charge is 2.28. The van der Waals surface area contributed by atoms with E-state index >= 15 is 0 Å². The Balaban J connectivity index is 4.41. The van der Waals surface area contributed by atoms with Crippen LogP contribution >= 0.6 is 7.82 Å². The lowest BCUT2D eigenvalue weighted by Crippen LogP contribution is -2.34. The second-order valence-corrected chi connectivity index (χ2v) is 15.9. The predicted molar refractivity (Wildman–Crippen MR) is 235 cm³/mol. The molecule has 0 aliphatic heterocycles. The molecule has 58 heavy (non-hydrogen) atoms. The first kappa shape index (κ1) is 54.9. The van der Waals surface area contributed by atoms with E-state index in [0.29, 0.717) is 12.8 Å². The number of phosphoric ester groups is 1. The Kier molecular flexibility index (Phi) is 38.5. The van der Waals surface area contributed by atoms with Crippen LogP contribution in [-0.4, -0.2) is 59.9 Å². The van der Waals surface area contributed by atoms with Crippen molar-refractivity contribution in [1.29, 1.82) is 0 Å². The second kappa shape index (κ2) is 40.7. The summed E-state index contributed by atoms with van der Waals surface area (Å²) in [7, 11) is -4.73. The number of unbranched alkanes of at least 4 members (excludes halogenated alkanes) is 14. The molecule has 0 spiro atoms. The third-order valence-corrected chi connectivity index (χ3v) is 9.89. The third-order valence-electron chi connectivity index (χ3n) is 8.94. The summed E-state index contributed by atoms with van der Waals surface area (Å²) in [6.07, 6.45) is 48.3. The maximum absolute atomic E-state index is 12.6.